The van der Waals surface area contributed by atoms with E-state index in [4.69, 9.17) is 0 Å². The van der Waals surface area contributed by atoms with Crippen LogP contribution in [0.25, 0.3) is 0 Å². The molecule has 2 saturated heterocycles. The molecule has 0 radical (unpaired) electrons. The topological polar surface area (TPSA) is 90.0 Å². The second-order valence-electron chi connectivity index (χ2n) is 9.39. The molecule has 32 heavy (non-hydrogen) atoms. The number of hydrogen-bond donors (Lipinski definition) is 1. The Morgan fingerprint density at radius 1 is 0.969 bits per heavy atom. The van der Waals surface area contributed by atoms with Gasteiger partial charge in [-0.05, 0) is 51.2 Å². The first-order chi connectivity index (χ1) is 15.2. The second-order valence-corrected chi connectivity index (χ2v) is 11.3. The lowest BCUT2D eigenvalue weighted by molar-refractivity contribution is -0.138. The number of nitrogens with zero attached hydrogens (tertiary/aromatic N) is 3. The lowest BCUT2D eigenvalue weighted by atomic mass is 9.96. The molecule has 1 saturated carbocycles. The number of benzene rings is 1. The number of carbonyl (C=O) groups excluding carboxylic acids is 2. The number of amides is 2. The third-order valence-corrected chi connectivity index (χ3v) is 8.80. The maximum Gasteiger partial charge on any atom is 0.243 e. The van der Waals surface area contributed by atoms with Crippen LogP contribution in [-0.4, -0.2) is 86.2 Å². The van der Waals surface area contributed by atoms with Gasteiger partial charge in [0.1, 0.15) is 0 Å². The van der Waals surface area contributed by atoms with E-state index >= 15 is 0 Å². The molecular formula is C23H34N4O4S. The van der Waals surface area contributed by atoms with E-state index in [2.05, 4.69) is 10.2 Å². The maximum atomic E-state index is 13.1. The van der Waals surface area contributed by atoms with Gasteiger partial charge in [-0.2, -0.15) is 4.31 Å². The first-order valence-electron chi connectivity index (χ1n) is 11.6. The third-order valence-electron chi connectivity index (χ3n) is 6.75. The number of carbonyl (C=O) groups is 2. The molecule has 1 N–H and O–H groups in total. The monoisotopic (exact) mass is 462 g/mol. The molecule has 3 aliphatic rings. The number of piperazine rings is 1. The summed E-state index contributed by atoms with van der Waals surface area (Å²) >= 11 is 0. The molecule has 4 rings (SSSR count). The number of aryl methyl sites for hydroxylation is 2. The molecule has 1 aromatic carbocycles. The summed E-state index contributed by atoms with van der Waals surface area (Å²) in [5.74, 6) is 0.0607. The summed E-state index contributed by atoms with van der Waals surface area (Å²) < 4.78 is 27.7. The Morgan fingerprint density at radius 3 is 2.22 bits per heavy atom. The average Bonchev–Trinajstić information content (AvgIpc) is 3.57. The largest absolute Gasteiger partial charge is 0.352 e. The lowest BCUT2D eigenvalue weighted by Gasteiger charge is -2.38. The van der Waals surface area contributed by atoms with Crippen LogP contribution in [0.15, 0.2) is 23.1 Å². The van der Waals surface area contributed by atoms with Crippen molar-refractivity contribution in [2.24, 2.45) is 5.92 Å². The van der Waals surface area contributed by atoms with Gasteiger partial charge in [0, 0.05) is 51.2 Å². The molecule has 8 nitrogen and oxygen atoms in total. The number of rotatable bonds is 6. The average molecular weight is 463 g/mol. The highest BCUT2D eigenvalue weighted by molar-refractivity contribution is 7.89. The summed E-state index contributed by atoms with van der Waals surface area (Å²) in [5.41, 5.74) is 1.79. The summed E-state index contributed by atoms with van der Waals surface area (Å²) in [6, 6.07) is 5.76. The van der Waals surface area contributed by atoms with Crippen molar-refractivity contribution < 1.29 is 18.0 Å². The quantitative estimate of drug-likeness (QED) is 0.685. The van der Waals surface area contributed by atoms with Gasteiger partial charge in [0.25, 0.3) is 0 Å². The van der Waals surface area contributed by atoms with Crippen LogP contribution >= 0.6 is 0 Å². The van der Waals surface area contributed by atoms with Gasteiger partial charge in [-0.3, -0.25) is 14.5 Å². The molecule has 9 heteroatoms. The van der Waals surface area contributed by atoms with E-state index in [0.717, 1.165) is 24.0 Å². The van der Waals surface area contributed by atoms with Gasteiger partial charge in [-0.1, -0.05) is 17.7 Å². The molecule has 0 aromatic heterocycles. The number of piperidine rings is 1. The van der Waals surface area contributed by atoms with Crippen LogP contribution in [0.3, 0.4) is 0 Å². The minimum Gasteiger partial charge on any atom is -0.352 e. The van der Waals surface area contributed by atoms with E-state index in [9.17, 15) is 18.0 Å². The van der Waals surface area contributed by atoms with Gasteiger partial charge in [-0.15, -0.1) is 0 Å². The summed E-state index contributed by atoms with van der Waals surface area (Å²) in [7, 11) is -3.54. The Hall–Kier alpha value is -1.97. The predicted octanol–water partition coefficient (Wildman–Crippen LogP) is 1.13. The number of sulfonamides is 1. The second kappa shape index (κ2) is 9.49. The van der Waals surface area contributed by atoms with E-state index in [-0.39, 0.29) is 17.7 Å². The molecule has 3 fully saturated rings. The van der Waals surface area contributed by atoms with Crippen molar-refractivity contribution in [2.45, 2.75) is 50.5 Å². The van der Waals surface area contributed by atoms with Gasteiger partial charge in [0.15, 0.2) is 0 Å². The number of hydrogen-bond acceptors (Lipinski definition) is 5. The smallest absolute Gasteiger partial charge is 0.243 e. The van der Waals surface area contributed by atoms with Crippen molar-refractivity contribution in [2.75, 3.05) is 45.8 Å². The van der Waals surface area contributed by atoms with Crippen LogP contribution in [0.5, 0.6) is 0 Å². The lowest BCUT2D eigenvalue weighted by Crippen LogP contribution is -2.53. The third kappa shape index (κ3) is 5.32. The van der Waals surface area contributed by atoms with Crippen molar-refractivity contribution in [3.05, 3.63) is 29.3 Å². The Bertz CT molecular complexity index is 960. The van der Waals surface area contributed by atoms with E-state index in [0.29, 0.717) is 69.6 Å². The van der Waals surface area contributed by atoms with Crippen LogP contribution in [0.1, 0.15) is 36.8 Å². The van der Waals surface area contributed by atoms with E-state index in [1.54, 1.807) is 6.07 Å². The summed E-state index contributed by atoms with van der Waals surface area (Å²) in [6.07, 6.45) is 3.26. The van der Waals surface area contributed by atoms with Crippen molar-refractivity contribution in [1.82, 2.24) is 19.4 Å². The molecular weight excluding hydrogens is 428 g/mol. The van der Waals surface area contributed by atoms with Gasteiger partial charge in [0.2, 0.25) is 21.8 Å². The molecule has 1 aliphatic carbocycles. The van der Waals surface area contributed by atoms with Crippen LogP contribution in [-0.2, 0) is 19.6 Å². The number of nitrogens with one attached hydrogen (secondary N) is 1. The molecule has 2 heterocycles. The van der Waals surface area contributed by atoms with E-state index in [1.807, 2.05) is 30.9 Å². The van der Waals surface area contributed by atoms with Gasteiger partial charge in [-0.25, -0.2) is 8.42 Å². The highest BCUT2D eigenvalue weighted by Crippen LogP contribution is 2.27. The van der Waals surface area contributed by atoms with Gasteiger partial charge < -0.3 is 10.2 Å². The first-order valence-corrected chi connectivity index (χ1v) is 13.1. The predicted molar refractivity (Wildman–Crippen MR) is 122 cm³/mol. The minimum atomic E-state index is -3.54. The van der Waals surface area contributed by atoms with Gasteiger partial charge in [0.05, 0.1) is 11.4 Å². The fourth-order valence-electron chi connectivity index (χ4n) is 4.66. The first kappa shape index (κ1) is 23.2. The van der Waals surface area contributed by atoms with Crippen LogP contribution in [0.2, 0.25) is 0 Å². The van der Waals surface area contributed by atoms with Crippen LogP contribution < -0.4 is 5.32 Å². The molecule has 176 valence electrons. The van der Waals surface area contributed by atoms with Crippen molar-refractivity contribution in [3.8, 4) is 0 Å². The van der Waals surface area contributed by atoms with Gasteiger partial charge >= 0.3 is 0 Å². The fourth-order valence-corrected chi connectivity index (χ4v) is 6.34. The summed E-state index contributed by atoms with van der Waals surface area (Å²) in [4.78, 5) is 29.3. The molecule has 0 bridgehead atoms. The summed E-state index contributed by atoms with van der Waals surface area (Å²) in [6.45, 7) is 7.54. The Balaban J connectivity index is 1.26. The van der Waals surface area contributed by atoms with Crippen molar-refractivity contribution in [3.63, 3.8) is 0 Å². The van der Waals surface area contributed by atoms with Crippen molar-refractivity contribution in [1.29, 1.82) is 0 Å². The Morgan fingerprint density at radius 2 is 1.62 bits per heavy atom. The zero-order chi connectivity index (χ0) is 22.9. The maximum absolute atomic E-state index is 13.1. The highest BCUT2D eigenvalue weighted by atomic mass is 32.2. The Kier molecular flexibility index (Phi) is 6.88. The molecule has 2 aliphatic heterocycles. The SMILES string of the molecule is Cc1ccc(S(=O)(=O)N2CCC(C(=O)N3CCN(CC(=O)NC4CC4)CC3)CC2)c(C)c1. The van der Waals surface area contributed by atoms with Crippen LogP contribution in [0.4, 0.5) is 0 Å². The normalized spacial score (nSPS) is 21.5. The molecule has 0 spiro atoms. The zero-order valence-electron chi connectivity index (χ0n) is 19.0. The van der Waals surface area contributed by atoms with E-state index in [1.165, 1.54) is 4.31 Å². The van der Waals surface area contributed by atoms with Crippen LogP contribution in [0, 0.1) is 19.8 Å². The minimum absolute atomic E-state index is 0.0738. The van der Waals surface area contributed by atoms with Crippen molar-refractivity contribution >= 4 is 21.8 Å². The molecule has 2 amide bonds. The molecule has 0 unspecified atom stereocenters. The molecule has 1 aromatic rings. The summed E-state index contributed by atoms with van der Waals surface area (Å²) in [5, 5.41) is 3.01. The highest BCUT2D eigenvalue weighted by Gasteiger charge is 2.35. The Labute approximate surface area is 191 Å². The van der Waals surface area contributed by atoms with E-state index < -0.39 is 10.0 Å². The molecule has 0 atom stereocenters. The zero-order valence-corrected chi connectivity index (χ0v) is 19.9. The fraction of sp³-hybridized carbons (Fsp3) is 0.652. The standard InChI is InChI=1S/C23H34N4O4S/c1-17-3-6-21(18(2)15-17)32(30,31)27-9-7-19(8-10-27)23(29)26-13-11-25(12-14-26)16-22(28)24-20-4-5-20/h3,6,15,19-20H,4-5,7-14,16H2,1-2H3,(H,24,28).